The van der Waals surface area contributed by atoms with Crippen molar-refractivity contribution in [2.24, 2.45) is 0 Å². The minimum atomic E-state index is 0.877. The SMILES string of the molecule is C=CCSc1nccn1-c1cc(C)ccc1C. The molecule has 1 aromatic carbocycles. The van der Waals surface area contributed by atoms with Crippen LogP contribution in [-0.4, -0.2) is 15.3 Å². The van der Waals surface area contributed by atoms with Crippen LogP contribution in [0.5, 0.6) is 0 Å². The number of aromatic nitrogens is 2. The van der Waals surface area contributed by atoms with Gasteiger partial charge in [0.2, 0.25) is 0 Å². The van der Waals surface area contributed by atoms with Gasteiger partial charge in [-0.1, -0.05) is 30.0 Å². The van der Waals surface area contributed by atoms with Crippen molar-refractivity contribution in [1.29, 1.82) is 0 Å². The minimum absolute atomic E-state index is 0.877. The summed E-state index contributed by atoms with van der Waals surface area (Å²) in [5, 5.41) is 1.01. The Kier molecular flexibility index (Phi) is 3.69. The Bertz CT molecular complexity index is 529. The molecule has 3 heteroatoms. The molecule has 0 N–H and O–H groups in total. The number of rotatable bonds is 4. The Morgan fingerprint density at radius 2 is 2.24 bits per heavy atom. The normalized spacial score (nSPS) is 10.5. The van der Waals surface area contributed by atoms with Crippen LogP contribution >= 0.6 is 11.8 Å². The molecule has 88 valence electrons. The van der Waals surface area contributed by atoms with Crippen LogP contribution in [0.3, 0.4) is 0 Å². The Balaban J connectivity index is 2.42. The second-order valence-electron chi connectivity index (χ2n) is 3.97. The van der Waals surface area contributed by atoms with E-state index in [1.165, 1.54) is 16.8 Å². The maximum absolute atomic E-state index is 4.38. The fraction of sp³-hybridized carbons (Fsp3) is 0.214. The van der Waals surface area contributed by atoms with Gasteiger partial charge < -0.3 is 0 Å². The van der Waals surface area contributed by atoms with Crippen LogP contribution in [0.2, 0.25) is 0 Å². The van der Waals surface area contributed by atoms with Gasteiger partial charge in [0.05, 0.1) is 5.69 Å². The van der Waals surface area contributed by atoms with E-state index < -0.39 is 0 Å². The highest BCUT2D eigenvalue weighted by molar-refractivity contribution is 7.99. The average molecular weight is 244 g/mol. The molecule has 1 heterocycles. The standard InChI is InChI=1S/C14H16N2S/c1-4-9-17-14-15-7-8-16(14)13-10-11(2)5-6-12(13)3/h4-8,10H,1,9H2,2-3H3. The van der Waals surface area contributed by atoms with Crippen molar-refractivity contribution in [3.63, 3.8) is 0 Å². The Labute approximate surface area is 106 Å². The highest BCUT2D eigenvalue weighted by Gasteiger charge is 2.07. The van der Waals surface area contributed by atoms with Gasteiger partial charge in [-0.25, -0.2) is 4.98 Å². The molecule has 2 aromatic rings. The lowest BCUT2D eigenvalue weighted by Crippen LogP contribution is -1.98. The second-order valence-corrected chi connectivity index (χ2v) is 4.96. The average Bonchev–Trinajstić information content (AvgIpc) is 2.77. The molecule has 0 aliphatic heterocycles. The van der Waals surface area contributed by atoms with Gasteiger partial charge in [0.15, 0.2) is 5.16 Å². The number of imidazole rings is 1. The molecule has 0 saturated carbocycles. The van der Waals surface area contributed by atoms with Gasteiger partial charge in [-0.15, -0.1) is 6.58 Å². The van der Waals surface area contributed by atoms with Crippen LogP contribution in [0.15, 0.2) is 48.4 Å². The van der Waals surface area contributed by atoms with Gasteiger partial charge >= 0.3 is 0 Å². The maximum atomic E-state index is 4.38. The first-order chi connectivity index (χ1) is 8.22. The van der Waals surface area contributed by atoms with Crippen molar-refractivity contribution < 1.29 is 0 Å². The van der Waals surface area contributed by atoms with Crippen LogP contribution in [0, 0.1) is 13.8 Å². The molecule has 2 nitrogen and oxygen atoms in total. The van der Waals surface area contributed by atoms with Crippen molar-refractivity contribution in [3.05, 3.63) is 54.4 Å². The molecule has 0 fully saturated rings. The predicted molar refractivity (Wildman–Crippen MR) is 74.0 cm³/mol. The lowest BCUT2D eigenvalue weighted by atomic mass is 10.1. The highest BCUT2D eigenvalue weighted by atomic mass is 32.2. The van der Waals surface area contributed by atoms with E-state index >= 15 is 0 Å². The first kappa shape index (κ1) is 12.0. The molecule has 0 saturated heterocycles. The maximum Gasteiger partial charge on any atom is 0.172 e. The summed E-state index contributed by atoms with van der Waals surface area (Å²) in [6, 6.07) is 6.47. The summed E-state index contributed by atoms with van der Waals surface area (Å²) in [5.74, 6) is 0.877. The fourth-order valence-corrected chi connectivity index (χ4v) is 2.39. The number of hydrogen-bond acceptors (Lipinski definition) is 2. The molecule has 0 amide bonds. The Morgan fingerprint density at radius 3 is 3.00 bits per heavy atom. The zero-order chi connectivity index (χ0) is 12.3. The third kappa shape index (κ3) is 2.61. The van der Waals surface area contributed by atoms with Gasteiger partial charge in [-0.05, 0) is 31.0 Å². The summed E-state index contributed by atoms with van der Waals surface area (Å²) in [7, 11) is 0. The Morgan fingerprint density at radius 1 is 1.41 bits per heavy atom. The summed E-state index contributed by atoms with van der Waals surface area (Å²) in [6.45, 7) is 7.97. The molecule has 0 radical (unpaired) electrons. The van der Waals surface area contributed by atoms with Gasteiger partial charge in [0.25, 0.3) is 0 Å². The quantitative estimate of drug-likeness (QED) is 0.602. The monoisotopic (exact) mass is 244 g/mol. The number of aryl methyl sites for hydroxylation is 2. The van der Waals surface area contributed by atoms with Gasteiger partial charge in [0.1, 0.15) is 0 Å². The van der Waals surface area contributed by atoms with E-state index in [1.54, 1.807) is 11.8 Å². The number of hydrogen-bond donors (Lipinski definition) is 0. The molecule has 17 heavy (non-hydrogen) atoms. The molecule has 0 bridgehead atoms. The van der Waals surface area contributed by atoms with Crippen LogP contribution in [0.25, 0.3) is 5.69 Å². The zero-order valence-corrected chi connectivity index (χ0v) is 11.0. The molecule has 0 aliphatic carbocycles. The summed E-state index contributed by atoms with van der Waals surface area (Å²) in [5.41, 5.74) is 3.72. The predicted octanol–water partition coefficient (Wildman–Crippen LogP) is 3.77. The summed E-state index contributed by atoms with van der Waals surface area (Å²) in [6.07, 6.45) is 5.74. The van der Waals surface area contributed by atoms with Crippen molar-refractivity contribution in [2.45, 2.75) is 19.0 Å². The van der Waals surface area contributed by atoms with Crippen molar-refractivity contribution in [1.82, 2.24) is 9.55 Å². The number of benzene rings is 1. The largest absolute Gasteiger partial charge is 0.295 e. The molecule has 0 spiro atoms. The van der Waals surface area contributed by atoms with E-state index in [4.69, 9.17) is 0 Å². The van der Waals surface area contributed by atoms with Crippen molar-refractivity contribution in [2.75, 3.05) is 5.75 Å². The third-order valence-electron chi connectivity index (χ3n) is 2.56. The summed E-state index contributed by atoms with van der Waals surface area (Å²) >= 11 is 1.70. The molecule has 2 rings (SSSR count). The molecule has 0 aliphatic rings. The molecular weight excluding hydrogens is 228 g/mol. The summed E-state index contributed by atoms with van der Waals surface area (Å²) in [4.78, 5) is 4.38. The van der Waals surface area contributed by atoms with Gasteiger partial charge in [-0.2, -0.15) is 0 Å². The van der Waals surface area contributed by atoms with Gasteiger partial charge in [-0.3, -0.25) is 4.57 Å². The summed E-state index contributed by atoms with van der Waals surface area (Å²) < 4.78 is 2.14. The molecule has 1 aromatic heterocycles. The van der Waals surface area contributed by atoms with Crippen LogP contribution in [-0.2, 0) is 0 Å². The van der Waals surface area contributed by atoms with E-state index in [0.717, 1.165) is 10.9 Å². The van der Waals surface area contributed by atoms with E-state index in [9.17, 15) is 0 Å². The van der Waals surface area contributed by atoms with E-state index in [2.05, 4.69) is 48.2 Å². The molecular formula is C14H16N2S. The molecule has 0 unspecified atom stereocenters. The Hall–Kier alpha value is -1.48. The highest BCUT2D eigenvalue weighted by Crippen LogP contribution is 2.23. The van der Waals surface area contributed by atoms with Gasteiger partial charge in [0, 0.05) is 18.1 Å². The lowest BCUT2D eigenvalue weighted by molar-refractivity contribution is 0.888. The number of thioether (sulfide) groups is 1. The topological polar surface area (TPSA) is 17.8 Å². The van der Waals surface area contributed by atoms with E-state index in [0.29, 0.717) is 0 Å². The molecule has 0 atom stereocenters. The number of nitrogens with zero attached hydrogens (tertiary/aromatic N) is 2. The lowest BCUT2D eigenvalue weighted by Gasteiger charge is -2.10. The third-order valence-corrected chi connectivity index (χ3v) is 3.52. The van der Waals surface area contributed by atoms with E-state index in [1.807, 2.05) is 18.5 Å². The van der Waals surface area contributed by atoms with Crippen molar-refractivity contribution >= 4 is 11.8 Å². The van der Waals surface area contributed by atoms with Crippen LogP contribution < -0.4 is 0 Å². The first-order valence-corrected chi connectivity index (χ1v) is 6.55. The van der Waals surface area contributed by atoms with Crippen LogP contribution in [0.1, 0.15) is 11.1 Å². The minimum Gasteiger partial charge on any atom is -0.295 e. The fourth-order valence-electron chi connectivity index (χ4n) is 1.69. The van der Waals surface area contributed by atoms with Crippen molar-refractivity contribution in [3.8, 4) is 5.69 Å². The smallest absolute Gasteiger partial charge is 0.172 e. The first-order valence-electron chi connectivity index (χ1n) is 5.57. The van der Waals surface area contributed by atoms with E-state index in [-0.39, 0.29) is 0 Å². The second kappa shape index (κ2) is 5.23. The zero-order valence-electron chi connectivity index (χ0n) is 10.2. The van der Waals surface area contributed by atoms with Crippen LogP contribution in [0.4, 0.5) is 0 Å².